The summed E-state index contributed by atoms with van der Waals surface area (Å²) in [6.07, 6.45) is 2.80. The Bertz CT molecular complexity index is 676. The number of nitrogens with one attached hydrogen (secondary N) is 1. The summed E-state index contributed by atoms with van der Waals surface area (Å²) in [6, 6.07) is 3.51. The summed E-state index contributed by atoms with van der Waals surface area (Å²) < 4.78 is 41.0. The fraction of sp³-hybridized carbons (Fsp3) is 0.467. The zero-order valence-corrected chi connectivity index (χ0v) is 12.6. The predicted molar refractivity (Wildman–Crippen MR) is 77.5 cm³/mol. The van der Waals surface area contributed by atoms with E-state index < -0.39 is 15.8 Å². The topological polar surface area (TPSA) is 66.4 Å². The van der Waals surface area contributed by atoms with Gasteiger partial charge in [-0.3, -0.25) is 0 Å². The molecule has 2 N–H and O–H groups in total. The van der Waals surface area contributed by atoms with Gasteiger partial charge in [0, 0.05) is 6.04 Å². The van der Waals surface area contributed by atoms with Gasteiger partial charge in [-0.25, -0.2) is 17.5 Å². The zero-order valence-electron chi connectivity index (χ0n) is 11.8. The van der Waals surface area contributed by atoms with Crippen LogP contribution in [0.15, 0.2) is 23.1 Å². The van der Waals surface area contributed by atoms with Crippen molar-refractivity contribution in [1.82, 2.24) is 4.72 Å². The molecular weight excluding hydrogens is 293 g/mol. The molecule has 0 saturated heterocycles. The van der Waals surface area contributed by atoms with E-state index in [1.54, 1.807) is 0 Å². The van der Waals surface area contributed by atoms with Crippen molar-refractivity contribution in [3.63, 3.8) is 0 Å². The van der Waals surface area contributed by atoms with Gasteiger partial charge in [0.25, 0.3) is 0 Å². The molecule has 0 aliphatic heterocycles. The van der Waals surface area contributed by atoms with Gasteiger partial charge < -0.3 is 5.11 Å². The quantitative estimate of drug-likeness (QED) is 0.834. The zero-order chi connectivity index (χ0) is 15.5. The molecule has 6 heteroatoms. The molecule has 2 rings (SSSR count). The van der Waals surface area contributed by atoms with Crippen molar-refractivity contribution in [3.8, 4) is 11.8 Å². The minimum atomic E-state index is -3.72. The lowest BCUT2D eigenvalue weighted by Gasteiger charge is -2.17. The van der Waals surface area contributed by atoms with Gasteiger partial charge in [-0.2, -0.15) is 0 Å². The highest BCUT2D eigenvalue weighted by Gasteiger charge is 2.28. The van der Waals surface area contributed by atoms with Crippen LogP contribution in [0.5, 0.6) is 0 Å². The van der Waals surface area contributed by atoms with Crippen LogP contribution in [0.3, 0.4) is 0 Å². The average molecular weight is 311 g/mol. The lowest BCUT2D eigenvalue weighted by atomic mass is 10.1. The Balaban J connectivity index is 2.22. The second-order valence-electron chi connectivity index (χ2n) is 5.24. The molecular formula is C15H18FNO3S. The van der Waals surface area contributed by atoms with Gasteiger partial charge in [0.15, 0.2) is 0 Å². The van der Waals surface area contributed by atoms with Gasteiger partial charge in [0.05, 0.1) is 10.5 Å². The summed E-state index contributed by atoms with van der Waals surface area (Å²) in [6.45, 7) is 1.63. The molecule has 2 atom stereocenters. The molecule has 0 heterocycles. The van der Waals surface area contributed by atoms with E-state index >= 15 is 0 Å². The number of hydrogen-bond acceptors (Lipinski definition) is 3. The summed E-state index contributed by atoms with van der Waals surface area (Å²) in [7, 11) is -3.72. The fourth-order valence-corrected chi connectivity index (χ4v) is 3.88. The minimum absolute atomic E-state index is 0.0669. The Morgan fingerprint density at radius 2 is 2.19 bits per heavy atom. The summed E-state index contributed by atoms with van der Waals surface area (Å²) in [5, 5.41) is 8.58. The van der Waals surface area contributed by atoms with E-state index in [-0.39, 0.29) is 23.1 Å². The fourth-order valence-electron chi connectivity index (χ4n) is 2.49. The van der Waals surface area contributed by atoms with E-state index in [0.717, 1.165) is 25.3 Å². The van der Waals surface area contributed by atoms with E-state index in [9.17, 15) is 12.8 Å². The third kappa shape index (κ3) is 3.82. The van der Waals surface area contributed by atoms with E-state index in [2.05, 4.69) is 16.6 Å². The maximum Gasteiger partial charge on any atom is 0.240 e. The second kappa shape index (κ2) is 6.56. The molecule has 1 aromatic carbocycles. The van der Waals surface area contributed by atoms with Gasteiger partial charge in [0.2, 0.25) is 10.0 Å². The first kappa shape index (κ1) is 16.0. The number of hydrogen-bond donors (Lipinski definition) is 2. The van der Waals surface area contributed by atoms with Crippen LogP contribution < -0.4 is 4.72 Å². The molecule has 0 radical (unpaired) electrons. The lowest BCUT2D eigenvalue weighted by molar-refractivity contribution is 0.350. The maximum atomic E-state index is 13.8. The lowest BCUT2D eigenvalue weighted by Crippen LogP contribution is -2.36. The summed E-state index contributed by atoms with van der Waals surface area (Å²) in [5.41, 5.74) is 0.0669. The van der Waals surface area contributed by atoms with Crippen molar-refractivity contribution in [2.45, 2.75) is 37.1 Å². The van der Waals surface area contributed by atoms with Crippen molar-refractivity contribution < 1.29 is 17.9 Å². The van der Waals surface area contributed by atoms with Crippen LogP contribution >= 0.6 is 0 Å². The largest absolute Gasteiger partial charge is 0.384 e. The molecule has 1 fully saturated rings. The summed E-state index contributed by atoms with van der Waals surface area (Å²) in [5.74, 6) is 4.34. The Morgan fingerprint density at radius 3 is 2.76 bits per heavy atom. The van der Waals surface area contributed by atoms with Crippen LogP contribution in [0.4, 0.5) is 4.39 Å². The highest BCUT2D eigenvalue weighted by molar-refractivity contribution is 7.89. The van der Waals surface area contributed by atoms with E-state index in [0.29, 0.717) is 5.92 Å². The molecule has 21 heavy (non-hydrogen) atoms. The van der Waals surface area contributed by atoms with Gasteiger partial charge in [-0.05, 0) is 37.0 Å². The molecule has 2 unspecified atom stereocenters. The van der Waals surface area contributed by atoms with Crippen LogP contribution in [0.1, 0.15) is 31.7 Å². The van der Waals surface area contributed by atoms with Gasteiger partial charge >= 0.3 is 0 Å². The van der Waals surface area contributed by atoms with Gasteiger partial charge in [0.1, 0.15) is 12.4 Å². The first-order valence-electron chi connectivity index (χ1n) is 6.85. The molecule has 1 aromatic rings. The first-order valence-corrected chi connectivity index (χ1v) is 8.34. The molecule has 114 valence electrons. The van der Waals surface area contributed by atoms with Crippen LogP contribution in [-0.4, -0.2) is 26.2 Å². The minimum Gasteiger partial charge on any atom is -0.384 e. The molecule has 0 amide bonds. The van der Waals surface area contributed by atoms with Crippen LogP contribution in [-0.2, 0) is 10.0 Å². The molecule has 0 aromatic heterocycles. The van der Waals surface area contributed by atoms with Crippen LogP contribution in [0, 0.1) is 23.6 Å². The molecule has 4 nitrogen and oxygen atoms in total. The summed E-state index contributed by atoms with van der Waals surface area (Å²) >= 11 is 0. The third-order valence-electron chi connectivity index (χ3n) is 3.72. The van der Waals surface area contributed by atoms with E-state index in [1.165, 1.54) is 12.1 Å². The van der Waals surface area contributed by atoms with Crippen molar-refractivity contribution in [2.75, 3.05) is 6.61 Å². The molecule has 0 spiro atoms. The standard InChI is InChI=1S/C15H18FNO3S/c1-11-4-2-6-15(11)17-21(19,20)13-8-7-12(5-3-9-18)14(16)10-13/h7-8,10-11,15,17-18H,2,4,6,9H2,1H3. The second-order valence-corrected chi connectivity index (χ2v) is 6.95. The Kier molecular flexibility index (Phi) is 4.99. The molecule has 1 aliphatic carbocycles. The number of rotatable bonds is 3. The monoisotopic (exact) mass is 311 g/mol. The Morgan fingerprint density at radius 1 is 1.43 bits per heavy atom. The van der Waals surface area contributed by atoms with E-state index in [4.69, 9.17) is 5.11 Å². The van der Waals surface area contributed by atoms with Crippen molar-refractivity contribution >= 4 is 10.0 Å². The first-order chi connectivity index (χ1) is 9.94. The van der Waals surface area contributed by atoms with E-state index in [1.807, 2.05) is 6.92 Å². The average Bonchev–Trinajstić information content (AvgIpc) is 2.82. The number of aliphatic hydroxyl groups is 1. The normalized spacial score (nSPS) is 21.9. The maximum absolute atomic E-state index is 13.8. The SMILES string of the molecule is CC1CCCC1NS(=O)(=O)c1ccc(C#CCO)c(F)c1. The molecule has 1 saturated carbocycles. The number of aliphatic hydroxyl groups excluding tert-OH is 1. The number of benzene rings is 1. The molecule has 0 bridgehead atoms. The Hall–Kier alpha value is -1.42. The molecule has 1 aliphatic rings. The Labute approximate surface area is 124 Å². The van der Waals surface area contributed by atoms with Crippen molar-refractivity contribution in [3.05, 3.63) is 29.6 Å². The highest BCUT2D eigenvalue weighted by atomic mass is 32.2. The smallest absolute Gasteiger partial charge is 0.240 e. The van der Waals surface area contributed by atoms with Gasteiger partial charge in [-0.15, -0.1) is 0 Å². The number of halogens is 1. The predicted octanol–water partition coefficient (Wildman–Crippen LogP) is 1.64. The van der Waals surface area contributed by atoms with Crippen LogP contribution in [0.2, 0.25) is 0 Å². The highest BCUT2D eigenvalue weighted by Crippen LogP contribution is 2.26. The van der Waals surface area contributed by atoms with Crippen molar-refractivity contribution in [1.29, 1.82) is 0 Å². The van der Waals surface area contributed by atoms with Crippen LogP contribution in [0.25, 0.3) is 0 Å². The number of sulfonamides is 1. The third-order valence-corrected chi connectivity index (χ3v) is 5.21. The van der Waals surface area contributed by atoms with Gasteiger partial charge in [-0.1, -0.05) is 25.2 Å². The van der Waals surface area contributed by atoms with Crippen molar-refractivity contribution in [2.24, 2.45) is 5.92 Å². The summed E-state index contributed by atoms with van der Waals surface area (Å²) in [4.78, 5) is -0.103.